The zero-order valence-corrected chi connectivity index (χ0v) is 11.4. The fraction of sp³-hybridized carbons (Fsp3) is 1.00. The zero-order valence-electron chi connectivity index (χ0n) is 11.4. The first kappa shape index (κ1) is 14.3. The number of aliphatic hydroxyl groups excluding tert-OH is 1. The van der Waals surface area contributed by atoms with E-state index in [4.69, 9.17) is 4.74 Å². The normalized spacial score (nSPS) is 25.8. The third-order valence-corrected chi connectivity index (χ3v) is 4.07. The molecule has 1 unspecified atom stereocenters. The summed E-state index contributed by atoms with van der Waals surface area (Å²) in [5.74, 6) is 0. The van der Waals surface area contributed by atoms with Crippen LogP contribution in [0.5, 0.6) is 0 Å². The minimum absolute atomic E-state index is 0.244. The van der Waals surface area contributed by atoms with Crippen LogP contribution in [-0.4, -0.2) is 61.5 Å². The first-order chi connectivity index (χ1) is 8.84. The fourth-order valence-electron chi connectivity index (χ4n) is 2.93. The number of nitrogens with zero attached hydrogens (tertiary/aromatic N) is 1. The van der Waals surface area contributed by atoms with Gasteiger partial charge in [0.25, 0.3) is 0 Å². The van der Waals surface area contributed by atoms with Gasteiger partial charge in [-0.2, -0.15) is 0 Å². The molecule has 2 N–H and O–H groups in total. The van der Waals surface area contributed by atoms with Gasteiger partial charge >= 0.3 is 0 Å². The maximum atomic E-state index is 10.1. The van der Waals surface area contributed by atoms with E-state index in [1.54, 1.807) is 0 Å². The maximum absolute atomic E-state index is 10.1. The van der Waals surface area contributed by atoms with Crippen LogP contribution in [0.1, 0.15) is 38.5 Å². The molecule has 0 aromatic rings. The molecule has 1 saturated heterocycles. The monoisotopic (exact) mass is 256 g/mol. The van der Waals surface area contributed by atoms with Crippen molar-refractivity contribution in [1.29, 1.82) is 0 Å². The SMILES string of the molecule is OC(CNC1CCCCCC1)CN1CCOCC1. The van der Waals surface area contributed by atoms with Crippen LogP contribution in [0, 0.1) is 0 Å². The van der Waals surface area contributed by atoms with Gasteiger partial charge in [-0.15, -0.1) is 0 Å². The largest absolute Gasteiger partial charge is 0.390 e. The molecular formula is C14H28N2O2. The van der Waals surface area contributed by atoms with Crippen LogP contribution in [0.3, 0.4) is 0 Å². The van der Waals surface area contributed by atoms with Gasteiger partial charge in [0.15, 0.2) is 0 Å². The number of rotatable bonds is 5. The van der Waals surface area contributed by atoms with E-state index in [0.29, 0.717) is 6.04 Å². The van der Waals surface area contributed by atoms with E-state index in [2.05, 4.69) is 10.2 Å². The molecule has 0 aromatic heterocycles. The third-order valence-electron chi connectivity index (χ3n) is 4.07. The lowest BCUT2D eigenvalue weighted by Gasteiger charge is -2.29. The van der Waals surface area contributed by atoms with Crippen LogP contribution >= 0.6 is 0 Å². The molecular weight excluding hydrogens is 228 g/mol. The first-order valence-corrected chi connectivity index (χ1v) is 7.56. The third kappa shape index (κ3) is 5.22. The molecule has 2 fully saturated rings. The molecule has 2 rings (SSSR count). The molecule has 0 amide bonds. The minimum Gasteiger partial charge on any atom is -0.390 e. The molecule has 1 aliphatic carbocycles. The quantitative estimate of drug-likeness (QED) is 0.720. The first-order valence-electron chi connectivity index (χ1n) is 7.56. The standard InChI is InChI=1S/C14H28N2O2/c17-14(12-16-7-9-18-10-8-16)11-15-13-5-3-1-2-4-6-13/h13-15,17H,1-12H2. The maximum Gasteiger partial charge on any atom is 0.0791 e. The number of ether oxygens (including phenoxy) is 1. The molecule has 2 aliphatic rings. The highest BCUT2D eigenvalue weighted by Crippen LogP contribution is 2.17. The van der Waals surface area contributed by atoms with Crippen molar-refractivity contribution in [3.8, 4) is 0 Å². The lowest BCUT2D eigenvalue weighted by atomic mass is 10.1. The van der Waals surface area contributed by atoms with E-state index >= 15 is 0 Å². The highest BCUT2D eigenvalue weighted by molar-refractivity contribution is 4.74. The van der Waals surface area contributed by atoms with Crippen molar-refractivity contribution in [2.24, 2.45) is 0 Å². The minimum atomic E-state index is -0.244. The second-order valence-electron chi connectivity index (χ2n) is 5.66. The lowest BCUT2D eigenvalue weighted by molar-refractivity contribution is 0.0144. The number of hydrogen-bond acceptors (Lipinski definition) is 4. The van der Waals surface area contributed by atoms with E-state index in [9.17, 15) is 5.11 Å². The number of nitrogens with one attached hydrogen (secondary N) is 1. The fourth-order valence-corrected chi connectivity index (χ4v) is 2.93. The molecule has 4 nitrogen and oxygen atoms in total. The Bertz CT molecular complexity index is 212. The van der Waals surface area contributed by atoms with E-state index in [0.717, 1.165) is 39.4 Å². The van der Waals surface area contributed by atoms with Gasteiger partial charge in [-0.3, -0.25) is 4.90 Å². The Labute approximate surface area is 111 Å². The van der Waals surface area contributed by atoms with Crippen molar-refractivity contribution in [2.45, 2.75) is 50.7 Å². The Morgan fingerprint density at radius 3 is 2.44 bits per heavy atom. The number of morpholine rings is 1. The van der Waals surface area contributed by atoms with Crippen LogP contribution in [0.2, 0.25) is 0 Å². The predicted molar refractivity (Wildman–Crippen MR) is 72.8 cm³/mol. The Balaban J connectivity index is 1.59. The summed E-state index contributed by atoms with van der Waals surface area (Å²) >= 11 is 0. The van der Waals surface area contributed by atoms with Crippen molar-refractivity contribution >= 4 is 0 Å². The van der Waals surface area contributed by atoms with Crippen molar-refractivity contribution in [3.63, 3.8) is 0 Å². The summed E-state index contributed by atoms with van der Waals surface area (Å²) in [5.41, 5.74) is 0. The number of aliphatic hydroxyl groups is 1. The zero-order chi connectivity index (χ0) is 12.6. The Hall–Kier alpha value is -0.160. The smallest absolute Gasteiger partial charge is 0.0791 e. The molecule has 106 valence electrons. The Morgan fingerprint density at radius 2 is 1.78 bits per heavy atom. The molecule has 0 aromatic carbocycles. The van der Waals surface area contributed by atoms with Gasteiger partial charge in [0, 0.05) is 32.2 Å². The second-order valence-corrected chi connectivity index (χ2v) is 5.66. The van der Waals surface area contributed by atoms with Crippen LogP contribution < -0.4 is 5.32 Å². The van der Waals surface area contributed by atoms with E-state index in [1.165, 1.54) is 38.5 Å². The lowest BCUT2D eigenvalue weighted by Crippen LogP contribution is -2.45. The summed E-state index contributed by atoms with van der Waals surface area (Å²) in [6.45, 7) is 5.05. The second kappa shape index (κ2) is 8.10. The highest BCUT2D eigenvalue weighted by atomic mass is 16.5. The van der Waals surface area contributed by atoms with Crippen molar-refractivity contribution in [1.82, 2.24) is 10.2 Å². The topological polar surface area (TPSA) is 44.7 Å². The molecule has 0 bridgehead atoms. The molecule has 18 heavy (non-hydrogen) atoms. The van der Waals surface area contributed by atoms with Crippen LogP contribution in [-0.2, 0) is 4.74 Å². The molecule has 4 heteroatoms. The molecule has 0 spiro atoms. The number of β-amino-alcohol motifs (C(OH)–C–C–N with tert-alkyl or cyclic N) is 1. The molecule has 0 radical (unpaired) electrons. The summed E-state index contributed by atoms with van der Waals surface area (Å²) in [7, 11) is 0. The van der Waals surface area contributed by atoms with Gasteiger partial charge in [-0.1, -0.05) is 25.7 Å². The van der Waals surface area contributed by atoms with Crippen LogP contribution in [0.15, 0.2) is 0 Å². The van der Waals surface area contributed by atoms with Crippen LogP contribution in [0.25, 0.3) is 0 Å². The average molecular weight is 256 g/mol. The van der Waals surface area contributed by atoms with Crippen LogP contribution in [0.4, 0.5) is 0 Å². The molecule has 1 saturated carbocycles. The average Bonchev–Trinajstić information content (AvgIpc) is 2.66. The van der Waals surface area contributed by atoms with E-state index in [-0.39, 0.29) is 6.10 Å². The van der Waals surface area contributed by atoms with Gasteiger partial charge < -0.3 is 15.2 Å². The van der Waals surface area contributed by atoms with Crippen molar-refractivity contribution in [2.75, 3.05) is 39.4 Å². The Kier molecular flexibility index (Phi) is 6.41. The summed E-state index contributed by atoms with van der Waals surface area (Å²) in [6, 6.07) is 0.631. The van der Waals surface area contributed by atoms with E-state index in [1.807, 2.05) is 0 Å². The summed E-state index contributed by atoms with van der Waals surface area (Å²) in [4.78, 5) is 2.29. The predicted octanol–water partition coefficient (Wildman–Crippen LogP) is 0.992. The van der Waals surface area contributed by atoms with Gasteiger partial charge in [0.2, 0.25) is 0 Å². The van der Waals surface area contributed by atoms with Crippen molar-refractivity contribution < 1.29 is 9.84 Å². The Morgan fingerprint density at radius 1 is 1.11 bits per heavy atom. The molecule has 1 atom stereocenters. The van der Waals surface area contributed by atoms with Gasteiger partial charge in [0.1, 0.15) is 0 Å². The summed E-state index contributed by atoms with van der Waals surface area (Å²) in [5, 5.41) is 13.6. The van der Waals surface area contributed by atoms with E-state index < -0.39 is 0 Å². The van der Waals surface area contributed by atoms with Crippen molar-refractivity contribution in [3.05, 3.63) is 0 Å². The summed E-state index contributed by atoms with van der Waals surface area (Å²) < 4.78 is 5.31. The van der Waals surface area contributed by atoms with Gasteiger partial charge in [0.05, 0.1) is 19.3 Å². The molecule has 1 heterocycles. The highest BCUT2D eigenvalue weighted by Gasteiger charge is 2.17. The number of hydrogen-bond donors (Lipinski definition) is 2. The van der Waals surface area contributed by atoms with Gasteiger partial charge in [-0.25, -0.2) is 0 Å². The summed E-state index contributed by atoms with van der Waals surface area (Å²) in [6.07, 6.45) is 7.78. The van der Waals surface area contributed by atoms with Gasteiger partial charge in [-0.05, 0) is 12.8 Å². The molecule has 1 aliphatic heterocycles.